The van der Waals surface area contributed by atoms with Crippen molar-refractivity contribution < 1.29 is 4.79 Å². The molecule has 0 radical (unpaired) electrons. The number of halogens is 1. The van der Waals surface area contributed by atoms with E-state index < -0.39 is 0 Å². The second kappa shape index (κ2) is 7.10. The van der Waals surface area contributed by atoms with Gasteiger partial charge in [0.2, 0.25) is 0 Å². The maximum Gasteiger partial charge on any atom is 0.315 e. The summed E-state index contributed by atoms with van der Waals surface area (Å²) in [4.78, 5) is 11.7. The van der Waals surface area contributed by atoms with Crippen LogP contribution in [0.15, 0.2) is 53.0 Å². The van der Waals surface area contributed by atoms with Crippen LogP contribution in [0.1, 0.15) is 16.7 Å². The van der Waals surface area contributed by atoms with Crippen molar-refractivity contribution in [2.45, 2.75) is 20.0 Å². The quantitative estimate of drug-likeness (QED) is 0.879. The second-order valence-corrected chi connectivity index (χ2v) is 5.47. The van der Waals surface area contributed by atoms with Gasteiger partial charge in [-0.2, -0.15) is 0 Å². The molecule has 0 atom stereocenters. The standard InChI is InChI=1S/C16H17BrN2O/c1-12-6-8-13(9-7-12)10-18-16(20)19-11-14-4-2-3-5-15(14)17/h2-9H,10-11H2,1H3,(H2,18,19,20). The highest BCUT2D eigenvalue weighted by Gasteiger charge is 2.02. The average molecular weight is 333 g/mol. The van der Waals surface area contributed by atoms with Crippen molar-refractivity contribution in [2.24, 2.45) is 0 Å². The number of carbonyl (C=O) groups excluding carboxylic acids is 1. The molecule has 4 heteroatoms. The molecule has 0 spiro atoms. The van der Waals surface area contributed by atoms with Crippen molar-refractivity contribution in [2.75, 3.05) is 0 Å². The lowest BCUT2D eigenvalue weighted by Gasteiger charge is -2.09. The summed E-state index contributed by atoms with van der Waals surface area (Å²) in [5, 5.41) is 5.68. The predicted molar refractivity (Wildman–Crippen MR) is 84.4 cm³/mol. The molecule has 3 nitrogen and oxygen atoms in total. The average Bonchev–Trinajstić information content (AvgIpc) is 2.46. The van der Waals surface area contributed by atoms with Gasteiger partial charge in [0.05, 0.1) is 0 Å². The molecule has 0 bridgehead atoms. The van der Waals surface area contributed by atoms with Crippen molar-refractivity contribution in [3.05, 3.63) is 69.7 Å². The van der Waals surface area contributed by atoms with Gasteiger partial charge in [0, 0.05) is 17.6 Å². The Labute approximate surface area is 127 Å². The van der Waals surface area contributed by atoms with Gasteiger partial charge in [0.1, 0.15) is 0 Å². The molecule has 104 valence electrons. The van der Waals surface area contributed by atoms with Gasteiger partial charge in [-0.05, 0) is 24.1 Å². The predicted octanol–water partition coefficient (Wildman–Crippen LogP) is 3.76. The number of amides is 2. The van der Waals surface area contributed by atoms with Crippen LogP contribution in [0.2, 0.25) is 0 Å². The van der Waals surface area contributed by atoms with E-state index in [1.807, 2.05) is 55.5 Å². The van der Waals surface area contributed by atoms with Gasteiger partial charge in [-0.25, -0.2) is 4.79 Å². The summed E-state index contributed by atoms with van der Waals surface area (Å²) in [5.74, 6) is 0. The summed E-state index contributed by atoms with van der Waals surface area (Å²) in [6.45, 7) is 3.07. The Morgan fingerprint density at radius 1 is 1.00 bits per heavy atom. The summed E-state index contributed by atoms with van der Waals surface area (Å²) >= 11 is 3.46. The zero-order valence-corrected chi connectivity index (χ0v) is 12.9. The molecule has 0 aliphatic rings. The first-order valence-electron chi connectivity index (χ1n) is 6.46. The molecule has 0 fully saturated rings. The van der Waals surface area contributed by atoms with Crippen LogP contribution in [-0.4, -0.2) is 6.03 Å². The number of benzene rings is 2. The summed E-state index contributed by atoms with van der Waals surface area (Å²) < 4.78 is 0.999. The lowest BCUT2D eigenvalue weighted by Crippen LogP contribution is -2.34. The Morgan fingerprint density at radius 3 is 2.35 bits per heavy atom. The fourth-order valence-electron chi connectivity index (χ4n) is 1.77. The lowest BCUT2D eigenvalue weighted by molar-refractivity contribution is 0.240. The molecule has 2 aromatic rings. The summed E-state index contributed by atoms with van der Waals surface area (Å²) in [6, 6.07) is 15.8. The van der Waals surface area contributed by atoms with Gasteiger partial charge in [-0.1, -0.05) is 64.0 Å². The first-order valence-corrected chi connectivity index (χ1v) is 7.25. The first-order chi connectivity index (χ1) is 9.65. The Bertz CT molecular complexity index is 581. The molecule has 0 saturated carbocycles. The molecule has 2 amide bonds. The van der Waals surface area contributed by atoms with Crippen molar-refractivity contribution in [3.8, 4) is 0 Å². The van der Waals surface area contributed by atoms with E-state index in [9.17, 15) is 4.79 Å². The molecule has 2 rings (SSSR count). The topological polar surface area (TPSA) is 41.1 Å². The minimum atomic E-state index is -0.165. The third-order valence-corrected chi connectivity index (χ3v) is 3.74. The molecular formula is C16H17BrN2O. The van der Waals surface area contributed by atoms with Gasteiger partial charge in [0.15, 0.2) is 0 Å². The molecule has 0 heterocycles. The Hall–Kier alpha value is -1.81. The maximum atomic E-state index is 11.7. The summed E-state index contributed by atoms with van der Waals surface area (Å²) in [6.07, 6.45) is 0. The Balaban J connectivity index is 1.78. The molecule has 0 unspecified atom stereocenters. The SMILES string of the molecule is Cc1ccc(CNC(=O)NCc2ccccc2Br)cc1. The second-order valence-electron chi connectivity index (χ2n) is 4.61. The highest BCUT2D eigenvalue weighted by Crippen LogP contribution is 2.15. The van der Waals surface area contributed by atoms with Crippen LogP contribution in [0.5, 0.6) is 0 Å². The molecule has 2 N–H and O–H groups in total. The number of rotatable bonds is 4. The largest absolute Gasteiger partial charge is 0.334 e. The first kappa shape index (κ1) is 14.6. The van der Waals surface area contributed by atoms with Crippen molar-refractivity contribution >= 4 is 22.0 Å². The number of urea groups is 1. The fraction of sp³-hybridized carbons (Fsp3) is 0.188. The minimum Gasteiger partial charge on any atom is -0.334 e. The molecule has 0 aromatic heterocycles. The van der Waals surface area contributed by atoms with Crippen LogP contribution in [0.3, 0.4) is 0 Å². The van der Waals surface area contributed by atoms with Crippen molar-refractivity contribution in [1.82, 2.24) is 10.6 Å². The van der Waals surface area contributed by atoms with E-state index in [1.165, 1.54) is 5.56 Å². The molecule has 0 aliphatic heterocycles. The smallest absolute Gasteiger partial charge is 0.315 e. The van der Waals surface area contributed by atoms with Gasteiger partial charge >= 0.3 is 6.03 Å². The van der Waals surface area contributed by atoms with Crippen LogP contribution in [0.4, 0.5) is 4.79 Å². The van der Waals surface area contributed by atoms with Crippen LogP contribution in [0, 0.1) is 6.92 Å². The summed E-state index contributed by atoms with van der Waals surface area (Å²) in [5.41, 5.74) is 3.36. The number of carbonyl (C=O) groups is 1. The van der Waals surface area contributed by atoms with E-state index in [-0.39, 0.29) is 6.03 Å². The minimum absolute atomic E-state index is 0.165. The normalized spacial score (nSPS) is 10.1. The van der Waals surface area contributed by atoms with Crippen LogP contribution >= 0.6 is 15.9 Å². The number of hydrogen-bond donors (Lipinski definition) is 2. The fourth-order valence-corrected chi connectivity index (χ4v) is 2.19. The highest BCUT2D eigenvalue weighted by molar-refractivity contribution is 9.10. The number of aryl methyl sites for hydroxylation is 1. The number of nitrogens with one attached hydrogen (secondary N) is 2. The Morgan fingerprint density at radius 2 is 1.65 bits per heavy atom. The number of hydrogen-bond acceptors (Lipinski definition) is 1. The van der Waals surface area contributed by atoms with Crippen molar-refractivity contribution in [3.63, 3.8) is 0 Å². The van der Waals surface area contributed by atoms with Crippen LogP contribution < -0.4 is 10.6 Å². The van der Waals surface area contributed by atoms with E-state index >= 15 is 0 Å². The lowest BCUT2D eigenvalue weighted by atomic mass is 10.1. The summed E-state index contributed by atoms with van der Waals surface area (Å²) in [7, 11) is 0. The van der Waals surface area contributed by atoms with Gasteiger partial charge in [-0.3, -0.25) is 0 Å². The molecule has 2 aromatic carbocycles. The van der Waals surface area contributed by atoms with Gasteiger partial charge in [-0.15, -0.1) is 0 Å². The van der Waals surface area contributed by atoms with E-state index in [2.05, 4.69) is 26.6 Å². The maximum absolute atomic E-state index is 11.7. The molecule has 20 heavy (non-hydrogen) atoms. The van der Waals surface area contributed by atoms with Crippen LogP contribution in [0.25, 0.3) is 0 Å². The van der Waals surface area contributed by atoms with Gasteiger partial charge < -0.3 is 10.6 Å². The van der Waals surface area contributed by atoms with Gasteiger partial charge in [0.25, 0.3) is 0 Å². The third kappa shape index (κ3) is 4.38. The zero-order chi connectivity index (χ0) is 14.4. The van der Waals surface area contributed by atoms with E-state index in [1.54, 1.807) is 0 Å². The van der Waals surface area contributed by atoms with E-state index in [4.69, 9.17) is 0 Å². The van der Waals surface area contributed by atoms with E-state index in [0.29, 0.717) is 13.1 Å². The Kier molecular flexibility index (Phi) is 5.18. The van der Waals surface area contributed by atoms with Crippen molar-refractivity contribution in [1.29, 1.82) is 0 Å². The highest BCUT2D eigenvalue weighted by atomic mass is 79.9. The molecular weight excluding hydrogens is 316 g/mol. The molecule has 0 saturated heterocycles. The monoisotopic (exact) mass is 332 g/mol. The molecule has 0 aliphatic carbocycles. The zero-order valence-electron chi connectivity index (χ0n) is 11.3. The van der Waals surface area contributed by atoms with E-state index in [0.717, 1.165) is 15.6 Å². The third-order valence-electron chi connectivity index (χ3n) is 2.97. The van der Waals surface area contributed by atoms with Crippen LogP contribution in [-0.2, 0) is 13.1 Å².